The molecule has 6 nitrogen and oxygen atoms in total. The van der Waals surface area contributed by atoms with Gasteiger partial charge >= 0.3 is 0 Å². The molecule has 156 valence electrons. The average Bonchev–Trinajstić information content (AvgIpc) is 2.57. The molecule has 0 aliphatic heterocycles. The summed E-state index contributed by atoms with van der Waals surface area (Å²) in [6, 6.07) is 7.89. The Labute approximate surface area is 182 Å². The van der Waals surface area contributed by atoms with Gasteiger partial charge in [-0.2, -0.15) is 0 Å². The van der Waals surface area contributed by atoms with Crippen molar-refractivity contribution in [3.8, 4) is 0 Å². The second-order valence-corrected chi connectivity index (χ2v) is 9.78. The average molecular weight is 510 g/mol. The Kier molecular flexibility index (Phi) is 11.5. The highest BCUT2D eigenvalue weighted by Crippen LogP contribution is 2.21. The Morgan fingerprint density at radius 2 is 1.70 bits per heavy atom. The third kappa shape index (κ3) is 11.5. The minimum absolute atomic E-state index is 0. The van der Waals surface area contributed by atoms with Gasteiger partial charge < -0.3 is 10.6 Å². The van der Waals surface area contributed by atoms with E-state index in [1.54, 1.807) is 7.05 Å². The molecule has 0 amide bonds. The number of rotatable bonds is 8. The topological polar surface area (TPSA) is 82.6 Å². The maximum Gasteiger partial charge on any atom is 0.215 e. The van der Waals surface area contributed by atoms with Crippen molar-refractivity contribution < 1.29 is 8.42 Å². The molecule has 1 unspecified atom stereocenters. The third-order valence-electron chi connectivity index (χ3n) is 4.08. The zero-order chi connectivity index (χ0) is 19.8. The summed E-state index contributed by atoms with van der Waals surface area (Å²) in [5, 5.41) is 6.71. The monoisotopic (exact) mass is 510 g/mol. The van der Waals surface area contributed by atoms with Crippen LogP contribution in [0.25, 0.3) is 0 Å². The van der Waals surface area contributed by atoms with Gasteiger partial charge in [0.15, 0.2) is 5.96 Å². The highest BCUT2D eigenvalue weighted by Gasteiger charge is 2.13. The predicted molar refractivity (Wildman–Crippen MR) is 125 cm³/mol. The molecule has 0 saturated heterocycles. The van der Waals surface area contributed by atoms with Crippen molar-refractivity contribution in [2.75, 3.05) is 14.1 Å². The normalized spacial score (nSPS) is 13.6. The quantitative estimate of drug-likeness (QED) is 0.285. The molecule has 0 aliphatic rings. The summed E-state index contributed by atoms with van der Waals surface area (Å²) in [7, 11) is -0.0527. The summed E-state index contributed by atoms with van der Waals surface area (Å²) in [6.07, 6.45) is 2.23. The van der Waals surface area contributed by atoms with E-state index in [0.29, 0.717) is 18.0 Å². The summed E-state index contributed by atoms with van der Waals surface area (Å²) in [5.74, 6) is 0.763. The van der Waals surface area contributed by atoms with Crippen LogP contribution >= 0.6 is 24.0 Å². The van der Waals surface area contributed by atoms with E-state index >= 15 is 0 Å². The molecule has 0 aromatic heterocycles. The molecule has 0 fully saturated rings. The molecule has 8 heteroatoms. The molecular formula is C19H35IN4O2S. The van der Waals surface area contributed by atoms with Crippen LogP contribution in [0.3, 0.4) is 0 Å². The van der Waals surface area contributed by atoms with Crippen molar-refractivity contribution in [3.05, 3.63) is 35.4 Å². The van der Waals surface area contributed by atoms with Crippen LogP contribution in [0.2, 0.25) is 0 Å². The second-order valence-electron chi connectivity index (χ2n) is 7.85. The van der Waals surface area contributed by atoms with Gasteiger partial charge in [0, 0.05) is 19.6 Å². The number of nitrogens with one attached hydrogen (secondary N) is 3. The van der Waals surface area contributed by atoms with Crippen molar-refractivity contribution in [2.24, 2.45) is 10.4 Å². The molecule has 0 saturated carbocycles. The predicted octanol–water partition coefficient (Wildman–Crippen LogP) is 3.23. The van der Waals surface area contributed by atoms with E-state index in [9.17, 15) is 8.42 Å². The summed E-state index contributed by atoms with van der Waals surface area (Å²) < 4.78 is 25.5. The first-order chi connectivity index (χ1) is 12.0. The van der Waals surface area contributed by atoms with Gasteiger partial charge in [-0.1, -0.05) is 45.0 Å². The van der Waals surface area contributed by atoms with E-state index in [0.717, 1.165) is 29.9 Å². The highest BCUT2D eigenvalue weighted by atomic mass is 127. The smallest absolute Gasteiger partial charge is 0.215 e. The van der Waals surface area contributed by atoms with Crippen molar-refractivity contribution in [1.29, 1.82) is 0 Å². The van der Waals surface area contributed by atoms with E-state index in [2.05, 4.69) is 48.0 Å². The largest absolute Gasteiger partial charge is 0.354 e. The number of halogens is 1. The Morgan fingerprint density at radius 1 is 1.15 bits per heavy atom. The third-order valence-corrected chi connectivity index (χ3v) is 5.42. The van der Waals surface area contributed by atoms with Crippen molar-refractivity contribution in [1.82, 2.24) is 15.4 Å². The number of aliphatic imine (C=N–C) groups is 1. The van der Waals surface area contributed by atoms with Crippen molar-refractivity contribution in [3.63, 3.8) is 0 Å². The summed E-state index contributed by atoms with van der Waals surface area (Å²) in [4.78, 5) is 4.27. The second kappa shape index (κ2) is 11.9. The molecule has 0 bridgehead atoms. The van der Waals surface area contributed by atoms with E-state index in [4.69, 9.17) is 0 Å². The molecule has 27 heavy (non-hydrogen) atoms. The zero-order valence-electron chi connectivity index (χ0n) is 17.3. The lowest BCUT2D eigenvalue weighted by Gasteiger charge is -2.23. The van der Waals surface area contributed by atoms with E-state index in [1.165, 1.54) is 7.05 Å². The lowest BCUT2D eigenvalue weighted by Crippen LogP contribution is -2.42. The fraction of sp³-hybridized carbons (Fsp3) is 0.632. The minimum Gasteiger partial charge on any atom is -0.354 e. The zero-order valence-corrected chi connectivity index (χ0v) is 20.4. The SMILES string of the molecule is CN=C(NCc1ccc(CS(=O)(=O)NC)cc1)NC(C)CCC(C)(C)C.I. The van der Waals surface area contributed by atoms with Crippen LogP contribution in [-0.4, -0.2) is 34.5 Å². The molecule has 0 heterocycles. The van der Waals surface area contributed by atoms with Crippen molar-refractivity contribution in [2.45, 2.75) is 58.9 Å². The standard InChI is InChI=1S/C19H34N4O2S.HI/c1-15(11-12-19(2,3)4)23-18(20-5)22-13-16-7-9-17(10-8-16)14-26(24,25)21-6;/h7-10,15,21H,11-14H2,1-6H3,(H2,20,22,23);1H. The fourth-order valence-corrected chi connectivity index (χ4v) is 3.16. The van der Waals surface area contributed by atoms with Gasteiger partial charge in [-0.15, -0.1) is 24.0 Å². The number of hydrogen-bond donors (Lipinski definition) is 3. The molecular weight excluding hydrogens is 475 g/mol. The first kappa shape index (κ1) is 26.1. The number of nitrogens with zero attached hydrogens (tertiary/aromatic N) is 1. The van der Waals surface area contributed by atoms with E-state index in [-0.39, 0.29) is 29.7 Å². The van der Waals surface area contributed by atoms with Crippen LogP contribution in [0.5, 0.6) is 0 Å². The lowest BCUT2D eigenvalue weighted by molar-refractivity contribution is 0.346. The van der Waals surface area contributed by atoms with Crippen LogP contribution in [0.15, 0.2) is 29.3 Å². The van der Waals surface area contributed by atoms with Crippen molar-refractivity contribution >= 4 is 40.0 Å². The molecule has 1 rings (SSSR count). The maximum atomic E-state index is 11.6. The minimum atomic E-state index is -3.24. The molecule has 0 radical (unpaired) electrons. The first-order valence-electron chi connectivity index (χ1n) is 9.01. The van der Waals surface area contributed by atoms with Gasteiger partial charge in [0.05, 0.1) is 5.75 Å². The summed E-state index contributed by atoms with van der Waals surface area (Å²) in [6.45, 7) is 9.54. The van der Waals surface area contributed by atoms with Crippen LogP contribution in [0.1, 0.15) is 51.7 Å². The molecule has 1 aromatic rings. The van der Waals surface area contributed by atoms with Gasteiger partial charge in [-0.3, -0.25) is 4.99 Å². The molecule has 1 atom stereocenters. The number of hydrogen-bond acceptors (Lipinski definition) is 3. The molecule has 3 N–H and O–H groups in total. The molecule has 1 aromatic carbocycles. The highest BCUT2D eigenvalue weighted by molar-refractivity contribution is 14.0. The molecule has 0 aliphatic carbocycles. The Hall–Kier alpha value is -0.870. The van der Waals surface area contributed by atoms with Gasteiger partial charge in [0.1, 0.15) is 0 Å². The van der Waals surface area contributed by atoms with Gasteiger partial charge in [-0.25, -0.2) is 13.1 Å². The lowest BCUT2D eigenvalue weighted by atomic mass is 9.89. The number of guanidine groups is 1. The Bertz CT molecular complexity index is 683. The maximum absolute atomic E-state index is 11.6. The van der Waals surface area contributed by atoms with Gasteiger partial charge in [0.25, 0.3) is 0 Å². The fourth-order valence-electron chi connectivity index (χ4n) is 2.38. The number of benzene rings is 1. The summed E-state index contributed by atoms with van der Waals surface area (Å²) in [5.41, 5.74) is 2.16. The summed E-state index contributed by atoms with van der Waals surface area (Å²) >= 11 is 0. The van der Waals surface area contributed by atoms with Gasteiger partial charge in [-0.05, 0) is 43.4 Å². The van der Waals surface area contributed by atoms with Gasteiger partial charge in [0.2, 0.25) is 10.0 Å². The Morgan fingerprint density at radius 3 is 2.19 bits per heavy atom. The van der Waals surface area contributed by atoms with Crippen LogP contribution in [0, 0.1) is 5.41 Å². The first-order valence-corrected chi connectivity index (χ1v) is 10.7. The van der Waals surface area contributed by atoms with Crippen LogP contribution < -0.4 is 15.4 Å². The van der Waals surface area contributed by atoms with E-state index in [1.807, 2.05) is 24.3 Å². The van der Waals surface area contributed by atoms with E-state index < -0.39 is 10.0 Å². The van der Waals surface area contributed by atoms with Crippen LogP contribution in [-0.2, 0) is 22.3 Å². The number of sulfonamides is 1. The Balaban J connectivity index is 0.00000676. The molecule has 0 spiro atoms. The van der Waals surface area contributed by atoms with Crippen LogP contribution in [0.4, 0.5) is 0 Å².